The van der Waals surface area contributed by atoms with E-state index in [0.717, 1.165) is 10.0 Å². The Morgan fingerprint density at radius 3 is 2.38 bits per heavy atom. The highest BCUT2D eigenvalue weighted by molar-refractivity contribution is 9.10. The Kier molecular flexibility index (Phi) is 7.83. The van der Waals surface area contributed by atoms with Crippen LogP contribution in [0.4, 0.5) is 0 Å². The molecule has 0 bridgehead atoms. The van der Waals surface area contributed by atoms with Gasteiger partial charge in [-0.1, -0.05) is 15.9 Å². The van der Waals surface area contributed by atoms with Crippen LogP contribution in [0.5, 0.6) is 0 Å². The zero-order valence-electron chi connectivity index (χ0n) is 12.6. The molecule has 0 aliphatic carbocycles. The van der Waals surface area contributed by atoms with Gasteiger partial charge >= 0.3 is 0 Å². The van der Waals surface area contributed by atoms with Crippen molar-refractivity contribution in [3.63, 3.8) is 0 Å². The lowest BCUT2D eigenvalue weighted by Gasteiger charge is -2.22. The van der Waals surface area contributed by atoms with Gasteiger partial charge in [0.2, 0.25) is 10.0 Å². The van der Waals surface area contributed by atoms with Crippen molar-refractivity contribution in [3.8, 4) is 0 Å². The molecular formula is C14H22BrNO4S. The summed E-state index contributed by atoms with van der Waals surface area (Å²) >= 11 is 3.38. The molecule has 0 spiro atoms. The summed E-state index contributed by atoms with van der Waals surface area (Å²) in [6, 6.07) is 5.05. The smallest absolute Gasteiger partial charge is 0.243 e. The van der Waals surface area contributed by atoms with E-state index in [4.69, 9.17) is 9.47 Å². The molecule has 0 saturated carbocycles. The maximum atomic E-state index is 12.7. The van der Waals surface area contributed by atoms with E-state index in [0.29, 0.717) is 37.6 Å². The highest BCUT2D eigenvalue weighted by Gasteiger charge is 2.24. The van der Waals surface area contributed by atoms with Gasteiger partial charge in [0.25, 0.3) is 0 Å². The normalized spacial score (nSPS) is 12.0. The average Bonchev–Trinajstić information content (AvgIpc) is 2.45. The fourth-order valence-electron chi connectivity index (χ4n) is 1.86. The number of halogens is 1. The van der Waals surface area contributed by atoms with Crippen molar-refractivity contribution >= 4 is 26.0 Å². The van der Waals surface area contributed by atoms with Crippen molar-refractivity contribution in [1.29, 1.82) is 0 Å². The molecule has 0 saturated heterocycles. The lowest BCUT2D eigenvalue weighted by atomic mass is 10.2. The van der Waals surface area contributed by atoms with Crippen LogP contribution in [-0.4, -0.2) is 53.2 Å². The Bertz CT molecular complexity index is 548. The Labute approximate surface area is 135 Å². The predicted octanol–water partition coefficient (Wildman–Crippen LogP) is 2.43. The molecule has 0 radical (unpaired) electrons. The minimum absolute atomic E-state index is 0.303. The zero-order chi connectivity index (χ0) is 15.9. The molecule has 7 heteroatoms. The monoisotopic (exact) mass is 379 g/mol. The first-order valence-electron chi connectivity index (χ1n) is 6.67. The van der Waals surface area contributed by atoms with Gasteiger partial charge in [0.1, 0.15) is 0 Å². The third-order valence-electron chi connectivity index (χ3n) is 3.07. The molecular weight excluding hydrogens is 358 g/mol. The van der Waals surface area contributed by atoms with Crippen LogP contribution in [0, 0.1) is 6.92 Å². The Morgan fingerprint density at radius 1 is 1.14 bits per heavy atom. The predicted molar refractivity (Wildman–Crippen MR) is 86.0 cm³/mol. The lowest BCUT2D eigenvalue weighted by Crippen LogP contribution is -2.35. The number of rotatable bonds is 9. The van der Waals surface area contributed by atoms with Crippen LogP contribution in [0.15, 0.2) is 27.6 Å². The number of sulfonamides is 1. The summed E-state index contributed by atoms with van der Waals surface area (Å²) in [6.45, 7) is 3.50. The standard InChI is InChI=1S/C14H22BrNO4S/c1-12-11-13(5-6-14(12)15)21(17,18)16(8-10-20-3)7-4-9-19-2/h5-6,11H,4,7-10H2,1-3H3. The van der Waals surface area contributed by atoms with Crippen molar-refractivity contribution in [3.05, 3.63) is 28.2 Å². The average molecular weight is 380 g/mol. The van der Waals surface area contributed by atoms with Crippen LogP contribution in [-0.2, 0) is 19.5 Å². The Balaban J connectivity index is 2.98. The summed E-state index contributed by atoms with van der Waals surface area (Å²) in [6.07, 6.45) is 0.648. The van der Waals surface area contributed by atoms with Crippen molar-refractivity contribution < 1.29 is 17.9 Å². The van der Waals surface area contributed by atoms with Gasteiger partial charge in [0.05, 0.1) is 11.5 Å². The first kappa shape index (κ1) is 18.6. The van der Waals surface area contributed by atoms with Gasteiger partial charge in [-0.25, -0.2) is 8.42 Å². The van der Waals surface area contributed by atoms with Gasteiger partial charge < -0.3 is 9.47 Å². The van der Waals surface area contributed by atoms with Crippen LogP contribution < -0.4 is 0 Å². The van der Waals surface area contributed by atoms with E-state index in [1.165, 1.54) is 4.31 Å². The van der Waals surface area contributed by atoms with E-state index in [2.05, 4.69) is 15.9 Å². The van der Waals surface area contributed by atoms with Gasteiger partial charge in [0.15, 0.2) is 0 Å². The summed E-state index contributed by atoms with van der Waals surface area (Å²) in [4.78, 5) is 0.303. The van der Waals surface area contributed by atoms with Crippen molar-refractivity contribution in [1.82, 2.24) is 4.31 Å². The second kappa shape index (κ2) is 8.85. The highest BCUT2D eigenvalue weighted by Crippen LogP contribution is 2.22. The van der Waals surface area contributed by atoms with Crippen molar-refractivity contribution in [2.45, 2.75) is 18.2 Å². The maximum Gasteiger partial charge on any atom is 0.243 e. The quantitative estimate of drug-likeness (QED) is 0.618. The SMILES string of the molecule is COCCCN(CCOC)S(=O)(=O)c1ccc(Br)c(C)c1. The molecule has 0 aliphatic heterocycles. The summed E-state index contributed by atoms with van der Waals surface area (Å²) in [7, 11) is -0.354. The van der Waals surface area contributed by atoms with E-state index in [9.17, 15) is 8.42 Å². The molecule has 21 heavy (non-hydrogen) atoms. The number of hydrogen-bond acceptors (Lipinski definition) is 4. The number of aryl methyl sites for hydroxylation is 1. The van der Waals surface area contributed by atoms with Gasteiger partial charge in [-0.05, 0) is 37.1 Å². The largest absolute Gasteiger partial charge is 0.385 e. The molecule has 0 aliphatic rings. The summed E-state index contributed by atoms with van der Waals surface area (Å²) in [5.41, 5.74) is 0.889. The van der Waals surface area contributed by atoms with Gasteiger partial charge in [-0.15, -0.1) is 0 Å². The van der Waals surface area contributed by atoms with E-state index in [-0.39, 0.29) is 0 Å². The second-order valence-electron chi connectivity index (χ2n) is 4.65. The Morgan fingerprint density at radius 2 is 1.81 bits per heavy atom. The third kappa shape index (κ3) is 5.34. The van der Waals surface area contributed by atoms with Crippen LogP contribution in [0.25, 0.3) is 0 Å². The number of hydrogen-bond donors (Lipinski definition) is 0. The van der Waals surface area contributed by atoms with E-state index in [1.807, 2.05) is 6.92 Å². The van der Waals surface area contributed by atoms with E-state index >= 15 is 0 Å². The first-order valence-corrected chi connectivity index (χ1v) is 8.91. The molecule has 0 N–H and O–H groups in total. The zero-order valence-corrected chi connectivity index (χ0v) is 15.0. The third-order valence-corrected chi connectivity index (χ3v) is 5.85. The molecule has 0 aromatic heterocycles. The molecule has 1 aromatic carbocycles. The molecule has 5 nitrogen and oxygen atoms in total. The fourth-order valence-corrected chi connectivity index (χ4v) is 3.65. The Hall–Kier alpha value is -0.470. The lowest BCUT2D eigenvalue weighted by molar-refractivity contribution is 0.164. The van der Waals surface area contributed by atoms with Crippen LogP contribution in [0.2, 0.25) is 0 Å². The van der Waals surface area contributed by atoms with Crippen LogP contribution in [0.1, 0.15) is 12.0 Å². The van der Waals surface area contributed by atoms with Gasteiger partial charge in [-0.3, -0.25) is 0 Å². The number of benzene rings is 1. The summed E-state index contributed by atoms with van der Waals surface area (Å²) < 4.78 is 37.8. The molecule has 1 aromatic rings. The number of ether oxygens (including phenoxy) is 2. The minimum atomic E-state index is -3.52. The van der Waals surface area contributed by atoms with Crippen molar-refractivity contribution in [2.75, 3.05) is 40.5 Å². The minimum Gasteiger partial charge on any atom is -0.385 e. The van der Waals surface area contributed by atoms with Gasteiger partial charge in [-0.2, -0.15) is 4.31 Å². The molecule has 0 fully saturated rings. The second-order valence-corrected chi connectivity index (χ2v) is 7.45. The molecule has 0 unspecified atom stereocenters. The molecule has 0 amide bonds. The molecule has 120 valence electrons. The highest BCUT2D eigenvalue weighted by atomic mass is 79.9. The van der Waals surface area contributed by atoms with E-state index < -0.39 is 10.0 Å². The number of methoxy groups -OCH3 is 2. The van der Waals surface area contributed by atoms with Crippen LogP contribution in [0.3, 0.4) is 0 Å². The summed E-state index contributed by atoms with van der Waals surface area (Å²) in [5.74, 6) is 0. The summed E-state index contributed by atoms with van der Waals surface area (Å²) in [5, 5.41) is 0. The number of nitrogens with zero attached hydrogens (tertiary/aromatic N) is 1. The molecule has 1 rings (SSSR count). The molecule has 0 heterocycles. The van der Waals surface area contributed by atoms with Crippen molar-refractivity contribution in [2.24, 2.45) is 0 Å². The first-order chi connectivity index (χ1) is 9.93. The molecule has 0 atom stereocenters. The van der Waals surface area contributed by atoms with Gasteiger partial charge in [0, 0.05) is 38.4 Å². The van der Waals surface area contributed by atoms with Crippen LogP contribution >= 0.6 is 15.9 Å². The van der Waals surface area contributed by atoms with E-state index in [1.54, 1.807) is 32.4 Å². The fraction of sp³-hybridized carbons (Fsp3) is 0.571. The topological polar surface area (TPSA) is 55.8 Å². The maximum absolute atomic E-state index is 12.7.